The van der Waals surface area contributed by atoms with E-state index >= 15 is 0 Å². The van der Waals surface area contributed by atoms with E-state index in [1.54, 1.807) is 0 Å². The minimum atomic E-state index is -4.72. The third kappa shape index (κ3) is 4.50. The van der Waals surface area contributed by atoms with Crippen molar-refractivity contribution in [2.75, 3.05) is 0 Å². The lowest BCUT2D eigenvalue weighted by Crippen LogP contribution is -2.16. The van der Waals surface area contributed by atoms with Gasteiger partial charge in [-0.25, -0.2) is 4.79 Å². The first-order chi connectivity index (χ1) is 7.37. The first kappa shape index (κ1) is 12.1. The summed E-state index contributed by atoms with van der Waals surface area (Å²) in [5.74, 6) is -1.48. The molecule has 0 aliphatic carbocycles. The monoisotopic (exact) mass is 234 g/mol. The zero-order chi connectivity index (χ0) is 12.2. The number of benzene rings is 1. The molecule has 0 spiro atoms. The molecule has 0 aliphatic rings. The molecule has 86 valence electrons. The van der Waals surface area contributed by atoms with Crippen LogP contribution in [0.3, 0.4) is 0 Å². The summed E-state index contributed by atoms with van der Waals surface area (Å²) in [4.78, 5) is 10.2. The molecule has 0 unspecified atom stereocenters. The highest BCUT2D eigenvalue weighted by Crippen LogP contribution is 2.22. The summed E-state index contributed by atoms with van der Waals surface area (Å²) in [5.41, 5.74) is 0.469. The van der Waals surface area contributed by atoms with Crippen LogP contribution in [-0.2, 0) is 4.79 Å². The van der Waals surface area contributed by atoms with Crippen LogP contribution in [0.5, 0.6) is 5.75 Å². The van der Waals surface area contributed by atoms with E-state index in [2.05, 4.69) is 4.74 Å². The van der Waals surface area contributed by atoms with Crippen molar-refractivity contribution in [3.8, 4) is 5.75 Å². The van der Waals surface area contributed by atoms with E-state index in [0.717, 1.165) is 18.2 Å². The second kappa shape index (κ2) is 4.69. The molecule has 1 aromatic rings. The fourth-order valence-corrected chi connectivity index (χ4v) is 0.948. The molecule has 0 radical (unpaired) electrons. The van der Waals surface area contributed by atoms with Crippen molar-refractivity contribution in [1.82, 2.24) is 0 Å². The predicted molar refractivity (Wildman–Crippen MR) is 49.8 cm³/mol. The van der Waals surface area contributed by atoms with Gasteiger partial charge in [-0.05, 0) is 23.8 Å². The van der Waals surface area contributed by atoms with Gasteiger partial charge in [-0.15, -0.1) is 13.2 Å². The molecule has 6 heteroatoms. The number of carbonyl (C=O) groups is 1. The van der Waals surface area contributed by atoms with Gasteiger partial charge in [-0.1, -0.05) is 12.1 Å². The van der Waals surface area contributed by atoms with Gasteiger partial charge < -0.3 is 9.84 Å². The highest BCUT2D eigenvalue weighted by molar-refractivity contribution is 5.85. The van der Waals surface area contributed by atoms with Crippen LogP contribution in [0.1, 0.15) is 5.56 Å². The Morgan fingerprint density at radius 3 is 2.31 bits per heavy atom. The zero-order valence-electron chi connectivity index (χ0n) is 7.86. The number of carboxylic acids is 1. The molecule has 1 N–H and O–H groups in total. The topological polar surface area (TPSA) is 46.5 Å². The first-order valence-corrected chi connectivity index (χ1v) is 4.13. The molecule has 0 saturated heterocycles. The molecule has 0 aliphatic heterocycles. The Morgan fingerprint density at radius 2 is 1.88 bits per heavy atom. The zero-order valence-corrected chi connectivity index (χ0v) is 7.86. The van der Waals surface area contributed by atoms with Crippen LogP contribution >= 0.6 is 0 Å². The minimum absolute atomic E-state index is 0.347. The Labute approximate surface area is 88.8 Å². The van der Waals surface area contributed by atoms with Crippen molar-refractivity contribution in [3.63, 3.8) is 0 Å². The van der Waals surface area contributed by atoms with E-state index in [1.165, 1.54) is 18.2 Å². The van der Waals surface area contributed by atoms with Crippen molar-refractivity contribution in [3.05, 3.63) is 35.9 Å². The van der Waals surface area contributed by atoms with Crippen LogP contribution in [0.4, 0.5) is 13.2 Å². The largest absolute Gasteiger partial charge is 0.573 e. The normalized spacial score (nSPS) is 11.7. The summed E-state index contributed by atoms with van der Waals surface area (Å²) < 4.78 is 39.0. The number of hydrogen-bond donors (Lipinski definition) is 1. The Balaban J connectivity index is 2.72. The van der Waals surface area contributed by atoms with Gasteiger partial charge in [0, 0.05) is 6.08 Å². The van der Waals surface area contributed by atoms with Gasteiger partial charge in [-0.3, -0.25) is 0 Å². The van der Waals surface area contributed by atoms with Gasteiger partial charge in [0.25, 0.3) is 0 Å². The van der Waals surface area contributed by atoms with E-state index < -0.39 is 12.3 Å². The summed E-state index contributed by atoms with van der Waals surface area (Å²) in [6, 6.07) is 4.85. The van der Waals surface area contributed by atoms with E-state index in [9.17, 15) is 18.0 Å². The van der Waals surface area contributed by atoms with Gasteiger partial charge in [0.1, 0.15) is 5.75 Å². The van der Waals surface area contributed by atoms with Gasteiger partial charge >= 0.3 is 12.3 Å². The minimum Gasteiger partial charge on any atom is -0.478 e. The maximum atomic E-state index is 11.8. The lowest BCUT2D eigenvalue weighted by Gasteiger charge is -2.08. The molecule has 1 aromatic carbocycles. The molecular weight excluding hydrogens is 227 g/mol. The lowest BCUT2D eigenvalue weighted by atomic mass is 10.2. The number of carboxylic acid groups (broad SMARTS) is 1. The highest BCUT2D eigenvalue weighted by Gasteiger charge is 2.30. The molecule has 0 amide bonds. The number of alkyl halides is 3. The number of aliphatic carboxylic acids is 1. The van der Waals surface area contributed by atoms with E-state index in [0.29, 0.717) is 5.56 Å². The Hall–Kier alpha value is -1.98. The third-order valence-corrected chi connectivity index (χ3v) is 1.53. The molecule has 0 aromatic heterocycles. The summed E-state index contributed by atoms with van der Waals surface area (Å²) in [7, 11) is 0. The Bertz CT molecular complexity index is 393. The van der Waals surface area contributed by atoms with Crippen LogP contribution in [0, 0.1) is 0 Å². The number of rotatable bonds is 3. The van der Waals surface area contributed by atoms with E-state index in [1.807, 2.05) is 0 Å². The van der Waals surface area contributed by atoms with Crippen molar-refractivity contribution in [2.24, 2.45) is 0 Å². The molecule has 0 heterocycles. The van der Waals surface area contributed by atoms with Gasteiger partial charge in [0.15, 0.2) is 0 Å². The smallest absolute Gasteiger partial charge is 0.478 e. The summed E-state index contributed by atoms with van der Waals surface area (Å²) in [6.07, 6.45) is -2.57. The van der Waals surface area contributed by atoms with E-state index in [4.69, 9.17) is 5.11 Å². The molecule has 3 nitrogen and oxygen atoms in total. The Morgan fingerprint density at radius 1 is 1.31 bits per heavy atom. The van der Waals surface area contributed by atoms with Crippen molar-refractivity contribution >= 4 is 12.0 Å². The fourth-order valence-electron chi connectivity index (χ4n) is 0.948. The molecule has 0 fully saturated rings. The Kier molecular flexibility index (Phi) is 3.55. The summed E-state index contributed by atoms with van der Waals surface area (Å²) >= 11 is 0. The van der Waals surface area contributed by atoms with Gasteiger partial charge in [-0.2, -0.15) is 0 Å². The standard InChI is InChI=1S/C10H7F3O3/c11-10(12,13)16-8-4-1-7(2-5-8)3-6-9(14)15/h1-6H,(H,14,15)/b6-3+/i6+2. The molecule has 0 atom stereocenters. The molecule has 0 saturated carbocycles. The maximum absolute atomic E-state index is 11.8. The van der Waals surface area contributed by atoms with Crippen LogP contribution in [0.2, 0.25) is 0 Å². The average molecular weight is 234 g/mol. The molecular formula is C10H7F3O3. The van der Waals surface area contributed by atoms with Crippen LogP contribution in [0.25, 0.3) is 6.08 Å². The predicted octanol–water partition coefficient (Wildman–Crippen LogP) is 2.68. The van der Waals surface area contributed by atoms with Crippen molar-refractivity contribution in [2.45, 2.75) is 6.36 Å². The molecule has 0 bridgehead atoms. The van der Waals surface area contributed by atoms with Crippen molar-refractivity contribution < 1.29 is 27.8 Å². The fraction of sp³-hybridized carbons (Fsp3) is 0.100. The van der Waals surface area contributed by atoms with Crippen molar-refractivity contribution in [1.29, 1.82) is 0 Å². The van der Waals surface area contributed by atoms with Gasteiger partial charge in [0.05, 0.1) is 0 Å². The summed E-state index contributed by atoms with van der Waals surface area (Å²) in [6.45, 7) is 0. The highest BCUT2D eigenvalue weighted by atomic mass is 19.4. The summed E-state index contributed by atoms with van der Waals surface area (Å²) in [5, 5.41) is 8.32. The number of halogens is 3. The second-order valence-electron chi connectivity index (χ2n) is 2.79. The molecule has 16 heavy (non-hydrogen) atoms. The number of hydrogen-bond acceptors (Lipinski definition) is 2. The molecule has 1 rings (SSSR count). The third-order valence-electron chi connectivity index (χ3n) is 1.53. The first-order valence-electron chi connectivity index (χ1n) is 4.13. The van der Waals surface area contributed by atoms with Gasteiger partial charge in [0.2, 0.25) is 0 Å². The van der Waals surface area contributed by atoms with E-state index in [-0.39, 0.29) is 5.75 Å². The van der Waals surface area contributed by atoms with Crippen LogP contribution in [-0.4, -0.2) is 17.4 Å². The van der Waals surface area contributed by atoms with Crippen LogP contribution < -0.4 is 4.74 Å². The SMILES string of the molecule is O=C(O)/[14CH]=C/c1ccc(OC(F)(F)F)cc1. The quantitative estimate of drug-likeness (QED) is 0.818. The second-order valence-corrected chi connectivity index (χ2v) is 2.79. The maximum Gasteiger partial charge on any atom is 0.573 e. The van der Waals surface area contributed by atoms with Crippen LogP contribution in [0.15, 0.2) is 30.3 Å². The number of ether oxygens (including phenoxy) is 1. The average Bonchev–Trinajstić information content (AvgIpc) is 2.14. The lowest BCUT2D eigenvalue weighted by molar-refractivity contribution is -0.274.